The van der Waals surface area contributed by atoms with Crippen molar-refractivity contribution in [3.63, 3.8) is 0 Å². The van der Waals surface area contributed by atoms with Crippen LogP contribution in [0.3, 0.4) is 0 Å². The highest BCUT2D eigenvalue weighted by atomic mass is 32.1. The minimum atomic E-state index is -0.424. The number of nitro groups is 1. The number of fused-ring (bicyclic) bond motifs is 1. The van der Waals surface area contributed by atoms with E-state index in [9.17, 15) is 14.9 Å². The first-order chi connectivity index (χ1) is 11.9. The standard InChI is InChI=1S/C18H17N3O3S/c1-4-20-15-8-6-13(21(23)24)10-16(15)25-18(20)19-17(22)14-7-5-11(2)9-12(14)3/h5-10H,4H2,1-3H3. The summed E-state index contributed by atoms with van der Waals surface area (Å²) >= 11 is 1.28. The normalized spacial score (nSPS) is 11.9. The maximum atomic E-state index is 12.6. The number of carbonyl (C=O) groups excluding carboxylic acids is 1. The van der Waals surface area contributed by atoms with Gasteiger partial charge in [-0.2, -0.15) is 4.99 Å². The molecule has 128 valence electrons. The van der Waals surface area contributed by atoms with Crippen LogP contribution in [0.1, 0.15) is 28.4 Å². The van der Waals surface area contributed by atoms with Crippen molar-refractivity contribution in [1.29, 1.82) is 0 Å². The fourth-order valence-corrected chi connectivity index (χ4v) is 3.89. The number of nitro benzene ring substituents is 1. The zero-order chi connectivity index (χ0) is 18.1. The van der Waals surface area contributed by atoms with Crippen LogP contribution in [0.5, 0.6) is 0 Å². The number of aryl methyl sites for hydroxylation is 3. The Bertz CT molecular complexity index is 1060. The largest absolute Gasteiger partial charge is 0.317 e. The van der Waals surface area contributed by atoms with Gasteiger partial charge in [0.25, 0.3) is 11.6 Å². The van der Waals surface area contributed by atoms with Gasteiger partial charge in [0, 0.05) is 24.2 Å². The molecule has 0 saturated carbocycles. The first-order valence-corrected chi connectivity index (χ1v) is 8.66. The maximum absolute atomic E-state index is 12.6. The lowest BCUT2D eigenvalue weighted by atomic mass is 10.1. The topological polar surface area (TPSA) is 77.5 Å². The van der Waals surface area contributed by atoms with Crippen molar-refractivity contribution in [1.82, 2.24) is 4.57 Å². The molecular formula is C18H17N3O3S. The Hall–Kier alpha value is -2.80. The fourth-order valence-electron chi connectivity index (χ4n) is 2.77. The fraction of sp³-hybridized carbons (Fsp3) is 0.222. The van der Waals surface area contributed by atoms with Crippen LogP contribution in [0.4, 0.5) is 5.69 Å². The van der Waals surface area contributed by atoms with Crippen molar-refractivity contribution in [2.45, 2.75) is 27.3 Å². The van der Waals surface area contributed by atoms with Gasteiger partial charge in [0.2, 0.25) is 0 Å². The van der Waals surface area contributed by atoms with Gasteiger partial charge in [0.1, 0.15) is 0 Å². The van der Waals surface area contributed by atoms with Crippen molar-refractivity contribution < 1.29 is 9.72 Å². The van der Waals surface area contributed by atoms with Gasteiger partial charge < -0.3 is 4.57 Å². The molecule has 0 aliphatic heterocycles. The maximum Gasteiger partial charge on any atom is 0.279 e. The number of amides is 1. The third-order valence-electron chi connectivity index (χ3n) is 4.00. The summed E-state index contributed by atoms with van der Waals surface area (Å²) in [4.78, 5) is 27.9. The van der Waals surface area contributed by atoms with Gasteiger partial charge in [-0.25, -0.2) is 0 Å². The molecule has 1 aromatic heterocycles. The predicted molar refractivity (Wildman–Crippen MR) is 98.0 cm³/mol. The highest BCUT2D eigenvalue weighted by Crippen LogP contribution is 2.23. The number of carbonyl (C=O) groups is 1. The van der Waals surface area contributed by atoms with E-state index in [4.69, 9.17) is 0 Å². The lowest BCUT2D eigenvalue weighted by Crippen LogP contribution is -2.16. The molecule has 0 aliphatic rings. The Morgan fingerprint density at radius 2 is 2.00 bits per heavy atom. The second-order valence-corrected chi connectivity index (χ2v) is 6.78. The molecule has 7 heteroatoms. The number of hydrogen-bond acceptors (Lipinski definition) is 4. The van der Waals surface area contributed by atoms with Crippen LogP contribution in [0.25, 0.3) is 10.2 Å². The molecule has 0 radical (unpaired) electrons. The van der Waals surface area contributed by atoms with Crippen LogP contribution in [0.2, 0.25) is 0 Å². The summed E-state index contributed by atoms with van der Waals surface area (Å²) in [6.45, 7) is 6.44. The van der Waals surface area contributed by atoms with E-state index in [0.717, 1.165) is 21.3 Å². The van der Waals surface area contributed by atoms with Crippen LogP contribution in [-0.2, 0) is 6.54 Å². The second-order valence-electron chi connectivity index (χ2n) is 5.77. The van der Waals surface area contributed by atoms with E-state index < -0.39 is 4.92 Å². The molecule has 0 N–H and O–H groups in total. The Kier molecular flexibility index (Phi) is 4.50. The molecule has 0 fully saturated rings. The van der Waals surface area contributed by atoms with E-state index in [1.54, 1.807) is 12.1 Å². The third kappa shape index (κ3) is 3.23. The van der Waals surface area contributed by atoms with Crippen molar-refractivity contribution in [2.24, 2.45) is 4.99 Å². The number of rotatable bonds is 3. The van der Waals surface area contributed by atoms with Gasteiger partial charge in [-0.1, -0.05) is 29.0 Å². The molecule has 0 aliphatic carbocycles. The van der Waals surface area contributed by atoms with E-state index in [0.29, 0.717) is 16.9 Å². The van der Waals surface area contributed by atoms with E-state index in [1.807, 2.05) is 37.5 Å². The first-order valence-electron chi connectivity index (χ1n) is 7.84. The van der Waals surface area contributed by atoms with E-state index in [-0.39, 0.29) is 11.6 Å². The van der Waals surface area contributed by atoms with E-state index in [1.165, 1.54) is 23.5 Å². The number of nitrogens with zero attached hydrogens (tertiary/aromatic N) is 3. The zero-order valence-corrected chi connectivity index (χ0v) is 15.0. The molecule has 2 aromatic carbocycles. The molecule has 3 aromatic rings. The number of aromatic nitrogens is 1. The van der Waals surface area contributed by atoms with Crippen LogP contribution < -0.4 is 4.80 Å². The molecular weight excluding hydrogens is 338 g/mol. The molecule has 3 rings (SSSR count). The molecule has 1 amide bonds. The summed E-state index contributed by atoms with van der Waals surface area (Å²) in [5.41, 5.74) is 3.41. The molecule has 6 nitrogen and oxygen atoms in total. The SMILES string of the molecule is CCn1c(=NC(=O)c2ccc(C)cc2C)sc2cc([N+](=O)[O-])ccc21. The Labute approximate surface area is 148 Å². The molecule has 0 unspecified atom stereocenters. The monoisotopic (exact) mass is 355 g/mol. The lowest BCUT2D eigenvalue weighted by molar-refractivity contribution is -0.384. The second kappa shape index (κ2) is 6.60. The molecule has 0 spiro atoms. The third-order valence-corrected chi connectivity index (χ3v) is 5.04. The minimum absolute atomic E-state index is 0.0317. The average molecular weight is 355 g/mol. The number of hydrogen-bond donors (Lipinski definition) is 0. The molecule has 0 saturated heterocycles. The summed E-state index contributed by atoms with van der Waals surface area (Å²) in [5, 5.41) is 11.0. The molecule has 0 atom stereocenters. The molecule has 25 heavy (non-hydrogen) atoms. The van der Waals surface area contributed by atoms with Crippen LogP contribution in [0, 0.1) is 24.0 Å². The van der Waals surface area contributed by atoms with Crippen molar-refractivity contribution >= 4 is 33.1 Å². The van der Waals surface area contributed by atoms with Crippen LogP contribution in [-0.4, -0.2) is 15.4 Å². The number of non-ortho nitro benzene ring substituents is 1. The number of benzene rings is 2. The van der Waals surface area contributed by atoms with Gasteiger partial charge in [-0.15, -0.1) is 0 Å². The van der Waals surface area contributed by atoms with Gasteiger partial charge in [0.15, 0.2) is 4.80 Å². The highest BCUT2D eigenvalue weighted by molar-refractivity contribution is 7.16. The smallest absolute Gasteiger partial charge is 0.279 e. The Morgan fingerprint density at radius 1 is 1.24 bits per heavy atom. The highest BCUT2D eigenvalue weighted by Gasteiger charge is 2.13. The van der Waals surface area contributed by atoms with E-state index >= 15 is 0 Å². The van der Waals surface area contributed by atoms with Gasteiger partial charge in [-0.05, 0) is 38.5 Å². The summed E-state index contributed by atoms with van der Waals surface area (Å²) < 4.78 is 2.63. The first kappa shape index (κ1) is 17.0. The van der Waals surface area contributed by atoms with Gasteiger partial charge >= 0.3 is 0 Å². The quantitative estimate of drug-likeness (QED) is 0.526. The zero-order valence-electron chi connectivity index (χ0n) is 14.1. The van der Waals surface area contributed by atoms with Crippen molar-refractivity contribution in [3.05, 3.63) is 68.0 Å². The minimum Gasteiger partial charge on any atom is -0.317 e. The summed E-state index contributed by atoms with van der Waals surface area (Å²) in [5.74, 6) is -0.305. The van der Waals surface area contributed by atoms with E-state index in [2.05, 4.69) is 4.99 Å². The van der Waals surface area contributed by atoms with Crippen LogP contribution >= 0.6 is 11.3 Å². The summed E-state index contributed by atoms with van der Waals surface area (Å²) in [6, 6.07) is 10.3. The Balaban J connectivity index is 2.14. The van der Waals surface area contributed by atoms with Crippen molar-refractivity contribution in [2.75, 3.05) is 0 Å². The van der Waals surface area contributed by atoms with Gasteiger partial charge in [-0.3, -0.25) is 14.9 Å². The summed E-state index contributed by atoms with van der Waals surface area (Å²) in [7, 11) is 0. The lowest BCUT2D eigenvalue weighted by Gasteiger charge is -2.03. The Morgan fingerprint density at radius 3 is 2.64 bits per heavy atom. The summed E-state index contributed by atoms with van der Waals surface area (Å²) in [6.07, 6.45) is 0. The molecule has 1 heterocycles. The van der Waals surface area contributed by atoms with Gasteiger partial charge in [0.05, 0.1) is 15.1 Å². The average Bonchev–Trinajstić information content (AvgIpc) is 2.90. The van der Waals surface area contributed by atoms with Crippen LogP contribution in [0.15, 0.2) is 41.4 Å². The predicted octanol–water partition coefficient (Wildman–Crippen LogP) is 3.99. The number of thiazole rings is 1. The molecule has 0 bridgehead atoms. The van der Waals surface area contributed by atoms with Crippen molar-refractivity contribution in [3.8, 4) is 0 Å².